The van der Waals surface area contributed by atoms with Gasteiger partial charge in [0, 0.05) is 17.3 Å². The van der Waals surface area contributed by atoms with E-state index >= 15 is 0 Å². The average molecular weight is 289 g/mol. The van der Waals surface area contributed by atoms with E-state index in [1.807, 2.05) is 0 Å². The standard InChI is InChI=1S/C18H31N3/c1-12(2)10-19-11-13(3)9-17-14(4)20-18(21-15(17)5)16-7-6-8-16/h12-13,16,19H,6-11H2,1-5H3. The third kappa shape index (κ3) is 4.50. The van der Waals surface area contributed by atoms with Crippen LogP contribution in [0.25, 0.3) is 0 Å². The van der Waals surface area contributed by atoms with E-state index in [1.165, 1.54) is 36.2 Å². The number of aromatic nitrogens is 2. The fourth-order valence-electron chi connectivity index (χ4n) is 2.95. The number of nitrogens with zero attached hydrogens (tertiary/aromatic N) is 2. The lowest BCUT2D eigenvalue weighted by atomic mass is 9.84. The van der Waals surface area contributed by atoms with Gasteiger partial charge in [-0.2, -0.15) is 0 Å². The molecule has 3 nitrogen and oxygen atoms in total. The molecule has 21 heavy (non-hydrogen) atoms. The normalized spacial score (nSPS) is 17.0. The molecule has 1 fully saturated rings. The Morgan fingerprint density at radius 1 is 1.05 bits per heavy atom. The van der Waals surface area contributed by atoms with Gasteiger partial charge in [0.2, 0.25) is 0 Å². The van der Waals surface area contributed by atoms with Gasteiger partial charge < -0.3 is 5.32 Å². The van der Waals surface area contributed by atoms with Crippen LogP contribution in [0.15, 0.2) is 0 Å². The maximum Gasteiger partial charge on any atom is 0.131 e. The van der Waals surface area contributed by atoms with Crippen molar-refractivity contribution in [2.45, 2.75) is 66.2 Å². The van der Waals surface area contributed by atoms with Crippen LogP contribution in [-0.4, -0.2) is 23.1 Å². The summed E-state index contributed by atoms with van der Waals surface area (Å²) in [6.07, 6.45) is 4.96. The highest BCUT2D eigenvalue weighted by Crippen LogP contribution is 2.34. The smallest absolute Gasteiger partial charge is 0.131 e. The van der Waals surface area contributed by atoms with Crippen molar-refractivity contribution in [3.05, 3.63) is 22.8 Å². The molecule has 1 aromatic rings. The van der Waals surface area contributed by atoms with Gasteiger partial charge >= 0.3 is 0 Å². The number of nitrogens with one attached hydrogen (secondary N) is 1. The van der Waals surface area contributed by atoms with Crippen LogP contribution < -0.4 is 5.32 Å². The number of aryl methyl sites for hydroxylation is 2. The molecule has 1 N–H and O–H groups in total. The SMILES string of the molecule is Cc1nc(C2CCC2)nc(C)c1CC(C)CNCC(C)C. The molecule has 1 aliphatic carbocycles. The molecule has 0 bridgehead atoms. The lowest BCUT2D eigenvalue weighted by Gasteiger charge is -2.25. The van der Waals surface area contributed by atoms with Crippen LogP contribution >= 0.6 is 0 Å². The van der Waals surface area contributed by atoms with Crippen molar-refractivity contribution >= 4 is 0 Å². The van der Waals surface area contributed by atoms with E-state index < -0.39 is 0 Å². The maximum atomic E-state index is 4.79. The Balaban J connectivity index is 1.96. The summed E-state index contributed by atoms with van der Waals surface area (Å²) in [6, 6.07) is 0. The fraction of sp³-hybridized carbons (Fsp3) is 0.778. The van der Waals surface area contributed by atoms with E-state index in [4.69, 9.17) is 9.97 Å². The Morgan fingerprint density at radius 3 is 2.14 bits per heavy atom. The monoisotopic (exact) mass is 289 g/mol. The molecule has 0 aliphatic heterocycles. The van der Waals surface area contributed by atoms with Crippen molar-refractivity contribution < 1.29 is 0 Å². The molecule has 1 atom stereocenters. The van der Waals surface area contributed by atoms with Crippen molar-refractivity contribution in [2.24, 2.45) is 11.8 Å². The molecule has 0 spiro atoms. The van der Waals surface area contributed by atoms with Crippen LogP contribution in [0, 0.1) is 25.7 Å². The van der Waals surface area contributed by atoms with Crippen molar-refractivity contribution in [3.8, 4) is 0 Å². The van der Waals surface area contributed by atoms with Crippen molar-refractivity contribution in [1.29, 1.82) is 0 Å². The Kier molecular flexibility index (Phi) is 5.74. The first-order valence-electron chi connectivity index (χ1n) is 8.52. The summed E-state index contributed by atoms with van der Waals surface area (Å²) in [5.74, 6) is 3.05. The average Bonchev–Trinajstić information content (AvgIpc) is 2.31. The molecule has 3 heteroatoms. The lowest BCUT2D eigenvalue weighted by Crippen LogP contribution is -2.26. The van der Waals surface area contributed by atoms with Crippen molar-refractivity contribution in [3.63, 3.8) is 0 Å². The van der Waals surface area contributed by atoms with Crippen LogP contribution in [0.5, 0.6) is 0 Å². The molecule has 118 valence electrons. The van der Waals surface area contributed by atoms with Gasteiger partial charge in [0.05, 0.1) is 0 Å². The molecular formula is C18H31N3. The first-order chi connectivity index (χ1) is 9.97. The van der Waals surface area contributed by atoms with E-state index in [-0.39, 0.29) is 0 Å². The van der Waals surface area contributed by atoms with Gasteiger partial charge in [0.25, 0.3) is 0 Å². The zero-order valence-electron chi connectivity index (χ0n) is 14.4. The van der Waals surface area contributed by atoms with Gasteiger partial charge in [0.15, 0.2) is 0 Å². The third-order valence-electron chi connectivity index (χ3n) is 4.51. The Labute approximate surface area is 130 Å². The fourth-order valence-corrected chi connectivity index (χ4v) is 2.95. The second-order valence-corrected chi connectivity index (χ2v) is 7.22. The minimum atomic E-state index is 0.624. The molecule has 1 heterocycles. The van der Waals surface area contributed by atoms with Gasteiger partial charge in [-0.15, -0.1) is 0 Å². The Morgan fingerprint density at radius 2 is 1.67 bits per heavy atom. The number of hydrogen-bond donors (Lipinski definition) is 1. The van der Waals surface area contributed by atoms with Crippen LogP contribution in [0.3, 0.4) is 0 Å². The molecule has 1 aromatic heterocycles. The van der Waals surface area contributed by atoms with E-state index in [0.29, 0.717) is 17.8 Å². The summed E-state index contributed by atoms with van der Waals surface area (Å²) in [6.45, 7) is 13.3. The molecule has 1 saturated carbocycles. The highest BCUT2D eigenvalue weighted by Gasteiger charge is 2.23. The Hall–Kier alpha value is -0.960. The lowest BCUT2D eigenvalue weighted by molar-refractivity contribution is 0.399. The molecule has 1 aliphatic rings. The molecule has 0 radical (unpaired) electrons. The van der Waals surface area contributed by atoms with Crippen LogP contribution in [-0.2, 0) is 6.42 Å². The second-order valence-electron chi connectivity index (χ2n) is 7.22. The zero-order chi connectivity index (χ0) is 15.4. The summed E-state index contributed by atoms with van der Waals surface area (Å²) in [7, 11) is 0. The molecule has 0 aromatic carbocycles. The first-order valence-corrected chi connectivity index (χ1v) is 8.52. The van der Waals surface area contributed by atoms with E-state index in [9.17, 15) is 0 Å². The summed E-state index contributed by atoms with van der Waals surface area (Å²) in [5.41, 5.74) is 3.75. The summed E-state index contributed by atoms with van der Waals surface area (Å²) in [5, 5.41) is 3.55. The van der Waals surface area contributed by atoms with Crippen LogP contribution in [0.1, 0.15) is 68.7 Å². The highest BCUT2D eigenvalue weighted by atomic mass is 14.9. The molecule has 2 rings (SSSR count). The van der Waals surface area contributed by atoms with E-state index in [1.54, 1.807) is 0 Å². The summed E-state index contributed by atoms with van der Waals surface area (Å²) >= 11 is 0. The van der Waals surface area contributed by atoms with Crippen molar-refractivity contribution in [2.75, 3.05) is 13.1 Å². The number of rotatable bonds is 7. The van der Waals surface area contributed by atoms with E-state index in [0.717, 1.165) is 25.3 Å². The minimum absolute atomic E-state index is 0.624. The van der Waals surface area contributed by atoms with Gasteiger partial charge in [0.1, 0.15) is 5.82 Å². The maximum absolute atomic E-state index is 4.79. The molecule has 0 amide bonds. The molecular weight excluding hydrogens is 258 g/mol. The highest BCUT2D eigenvalue weighted by molar-refractivity contribution is 5.26. The third-order valence-corrected chi connectivity index (χ3v) is 4.51. The largest absolute Gasteiger partial charge is 0.316 e. The zero-order valence-corrected chi connectivity index (χ0v) is 14.4. The van der Waals surface area contributed by atoms with Gasteiger partial charge in [-0.3, -0.25) is 0 Å². The molecule has 1 unspecified atom stereocenters. The van der Waals surface area contributed by atoms with Crippen LogP contribution in [0.2, 0.25) is 0 Å². The van der Waals surface area contributed by atoms with Gasteiger partial charge in [-0.25, -0.2) is 9.97 Å². The topological polar surface area (TPSA) is 37.8 Å². The molecule has 0 saturated heterocycles. The van der Waals surface area contributed by atoms with Gasteiger partial charge in [-0.1, -0.05) is 27.2 Å². The Bertz CT molecular complexity index is 441. The van der Waals surface area contributed by atoms with Crippen molar-refractivity contribution in [1.82, 2.24) is 15.3 Å². The van der Waals surface area contributed by atoms with Crippen LogP contribution in [0.4, 0.5) is 0 Å². The second kappa shape index (κ2) is 7.35. The number of hydrogen-bond acceptors (Lipinski definition) is 3. The predicted molar refractivity (Wildman–Crippen MR) is 88.7 cm³/mol. The summed E-state index contributed by atoms with van der Waals surface area (Å²) in [4.78, 5) is 9.57. The first kappa shape index (κ1) is 16.4. The van der Waals surface area contributed by atoms with E-state index in [2.05, 4.69) is 39.9 Å². The minimum Gasteiger partial charge on any atom is -0.316 e. The predicted octanol–water partition coefficient (Wildman–Crippen LogP) is 3.79. The quantitative estimate of drug-likeness (QED) is 0.830. The van der Waals surface area contributed by atoms with Gasteiger partial charge in [-0.05, 0) is 63.6 Å². The summed E-state index contributed by atoms with van der Waals surface area (Å²) < 4.78 is 0.